The van der Waals surface area contributed by atoms with Gasteiger partial charge in [0.15, 0.2) is 0 Å². The summed E-state index contributed by atoms with van der Waals surface area (Å²) in [6.45, 7) is 3.95. The van der Waals surface area contributed by atoms with Gasteiger partial charge in [-0.05, 0) is 62.3 Å². The maximum atomic E-state index is 13.0. The third-order valence-electron chi connectivity index (χ3n) is 6.54. The second kappa shape index (κ2) is 10.2. The van der Waals surface area contributed by atoms with Gasteiger partial charge in [-0.1, -0.05) is 54.8 Å². The van der Waals surface area contributed by atoms with Gasteiger partial charge in [-0.3, -0.25) is 4.79 Å². The average molecular weight is 455 g/mol. The minimum Gasteiger partial charge on any atom is -0.335 e. The van der Waals surface area contributed by atoms with E-state index in [0.717, 1.165) is 44.1 Å². The number of benzene rings is 2. The van der Waals surface area contributed by atoms with Gasteiger partial charge in [0.05, 0.1) is 4.90 Å². The normalized spacial score (nSPS) is 17.7. The predicted octanol–water partition coefficient (Wildman–Crippen LogP) is 4.68. The Morgan fingerprint density at radius 2 is 1.50 bits per heavy atom. The lowest BCUT2D eigenvalue weighted by atomic mass is 10.1. The molecule has 5 nitrogen and oxygen atoms in total. The largest absolute Gasteiger partial charge is 0.335 e. The molecule has 32 heavy (non-hydrogen) atoms. The van der Waals surface area contributed by atoms with Gasteiger partial charge in [0.1, 0.15) is 0 Å². The van der Waals surface area contributed by atoms with Crippen LogP contribution < -0.4 is 0 Å². The lowest BCUT2D eigenvalue weighted by Crippen LogP contribution is -2.32. The molecule has 2 aromatic rings. The second-order valence-electron chi connectivity index (χ2n) is 9.20. The summed E-state index contributed by atoms with van der Waals surface area (Å²) in [5, 5.41) is 0. The molecule has 1 aliphatic carbocycles. The number of carbonyl (C=O) groups excluding carboxylic acids is 1. The summed E-state index contributed by atoms with van der Waals surface area (Å²) in [5.41, 5.74) is 3.39. The topological polar surface area (TPSA) is 57.7 Å². The molecule has 0 unspecified atom stereocenters. The number of carbonyl (C=O) groups is 1. The van der Waals surface area contributed by atoms with E-state index in [-0.39, 0.29) is 5.91 Å². The van der Waals surface area contributed by atoms with Gasteiger partial charge in [0.2, 0.25) is 15.9 Å². The smallest absolute Gasteiger partial charge is 0.243 e. The fourth-order valence-electron chi connectivity index (χ4n) is 4.35. The van der Waals surface area contributed by atoms with Crippen LogP contribution in [0.4, 0.5) is 0 Å². The van der Waals surface area contributed by atoms with Crippen LogP contribution in [0, 0.1) is 6.92 Å². The van der Waals surface area contributed by atoms with Gasteiger partial charge >= 0.3 is 0 Å². The minimum absolute atomic E-state index is 0.175. The maximum Gasteiger partial charge on any atom is 0.243 e. The van der Waals surface area contributed by atoms with Crippen molar-refractivity contribution in [2.45, 2.75) is 75.8 Å². The lowest BCUT2D eigenvalue weighted by molar-refractivity contribution is -0.132. The van der Waals surface area contributed by atoms with Crippen molar-refractivity contribution in [1.82, 2.24) is 9.21 Å². The Balaban J connectivity index is 1.35. The molecule has 0 bridgehead atoms. The number of amides is 1. The summed E-state index contributed by atoms with van der Waals surface area (Å²) in [5.74, 6) is 0.175. The zero-order valence-electron chi connectivity index (χ0n) is 19.0. The monoisotopic (exact) mass is 454 g/mol. The molecule has 0 aromatic heterocycles. The first-order valence-electron chi connectivity index (χ1n) is 11.9. The first kappa shape index (κ1) is 23.0. The molecule has 0 N–H and O–H groups in total. The molecular weight excluding hydrogens is 420 g/mol. The van der Waals surface area contributed by atoms with Crippen molar-refractivity contribution in [3.05, 3.63) is 65.2 Å². The molecule has 1 aliphatic heterocycles. The molecule has 1 amide bonds. The Morgan fingerprint density at radius 1 is 0.906 bits per heavy atom. The molecule has 4 rings (SSSR count). The molecule has 6 heteroatoms. The molecule has 0 atom stereocenters. The van der Waals surface area contributed by atoms with Crippen molar-refractivity contribution in [2.24, 2.45) is 0 Å². The summed E-state index contributed by atoms with van der Waals surface area (Å²) < 4.78 is 27.5. The fraction of sp³-hybridized carbons (Fsp3) is 0.500. The van der Waals surface area contributed by atoms with Crippen molar-refractivity contribution in [3.63, 3.8) is 0 Å². The van der Waals surface area contributed by atoms with Crippen LogP contribution in [0.5, 0.6) is 0 Å². The van der Waals surface area contributed by atoms with Crippen molar-refractivity contribution in [2.75, 3.05) is 13.1 Å². The van der Waals surface area contributed by atoms with Crippen molar-refractivity contribution in [3.8, 4) is 0 Å². The molecule has 2 aliphatic rings. The zero-order valence-corrected chi connectivity index (χ0v) is 19.8. The molecular formula is C26H34N2O3S. The third kappa shape index (κ3) is 5.78. The van der Waals surface area contributed by atoms with Crippen LogP contribution in [0.2, 0.25) is 0 Å². The average Bonchev–Trinajstić information content (AvgIpc) is 3.64. The van der Waals surface area contributed by atoms with Gasteiger partial charge < -0.3 is 4.90 Å². The van der Waals surface area contributed by atoms with E-state index in [0.29, 0.717) is 43.4 Å². The van der Waals surface area contributed by atoms with E-state index in [1.165, 1.54) is 11.1 Å². The summed E-state index contributed by atoms with van der Waals surface area (Å²) >= 11 is 0. The van der Waals surface area contributed by atoms with Crippen LogP contribution in [0.1, 0.15) is 61.6 Å². The Labute approximate surface area is 192 Å². The van der Waals surface area contributed by atoms with E-state index in [9.17, 15) is 13.2 Å². The number of rotatable bonds is 8. The Morgan fingerprint density at radius 3 is 2.09 bits per heavy atom. The highest BCUT2D eigenvalue weighted by Crippen LogP contribution is 2.29. The van der Waals surface area contributed by atoms with Crippen LogP contribution in [0.25, 0.3) is 0 Å². The summed E-state index contributed by atoms with van der Waals surface area (Å²) in [6, 6.07) is 15.9. The summed E-state index contributed by atoms with van der Waals surface area (Å²) in [6.07, 6.45) is 7.29. The molecule has 172 valence electrons. The third-order valence-corrected chi connectivity index (χ3v) is 8.45. The molecule has 2 aromatic carbocycles. The Kier molecular flexibility index (Phi) is 7.31. The van der Waals surface area contributed by atoms with Crippen molar-refractivity contribution in [1.29, 1.82) is 0 Å². The molecule has 0 radical (unpaired) electrons. The van der Waals surface area contributed by atoms with Gasteiger partial charge in [0, 0.05) is 32.1 Å². The highest BCUT2D eigenvalue weighted by Gasteiger charge is 2.32. The summed E-state index contributed by atoms with van der Waals surface area (Å²) in [7, 11) is -3.43. The second-order valence-corrected chi connectivity index (χ2v) is 11.1. The highest BCUT2D eigenvalue weighted by molar-refractivity contribution is 7.89. The first-order chi connectivity index (χ1) is 15.4. The standard InChI is InChI=1S/C26H34N2O3S/c1-21-6-8-23(9-7-21)20-28(24-13-14-24)26(29)17-12-22-10-15-25(16-11-22)32(30,31)27-18-4-2-3-5-19-27/h6-11,15-16,24H,2-5,12-14,17-20H2,1H3. The number of sulfonamides is 1. The molecule has 0 spiro atoms. The Hall–Kier alpha value is -2.18. The quantitative estimate of drug-likeness (QED) is 0.582. The predicted molar refractivity (Wildman–Crippen MR) is 127 cm³/mol. The molecule has 1 saturated carbocycles. The zero-order chi connectivity index (χ0) is 22.6. The van der Waals surface area contributed by atoms with Crippen molar-refractivity contribution >= 4 is 15.9 Å². The van der Waals surface area contributed by atoms with E-state index < -0.39 is 10.0 Å². The Bertz CT molecular complexity index is 1000. The van der Waals surface area contributed by atoms with E-state index in [1.54, 1.807) is 16.4 Å². The number of hydrogen-bond donors (Lipinski definition) is 0. The molecule has 1 saturated heterocycles. The number of nitrogens with zero attached hydrogens (tertiary/aromatic N) is 2. The molecule has 2 fully saturated rings. The van der Waals surface area contributed by atoms with E-state index in [2.05, 4.69) is 31.2 Å². The number of aryl methyl sites for hydroxylation is 2. The van der Waals surface area contributed by atoms with Crippen LogP contribution in [-0.2, 0) is 27.8 Å². The molecule has 1 heterocycles. The first-order valence-corrected chi connectivity index (χ1v) is 13.3. The highest BCUT2D eigenvalue weighted by atomic mass is 32.2. The van der Waals surface area contributed by atoms with Gasteiger partial charge in [-0.15, -0.1) is 0 Å². The maximum absolute atomic E-state index is 13.0. The summed E-state index contributed by atoms with van der Waals surface area (Å²) in [4.78, 5) is 15.3. The minimum atomic E-state index is -3.43. The van der Waals surface area contributed by atoms with Crippen LogP contribution in [-0.4, -0.2) is 42.7 Å². The van der Waals surface area contributed by atoms with Crippen LogP contribution in [0.15, 0.2) is 53.4 Å². The van der Waals surface area contributed by atoms with Crippen molar-refractivity contribution < 1.29 is 13.2 Å². The SMILES string of the molecule is Cc1ccc(CN(C(=O)CCc2ccc(S(=O)(=O)N3CCCCCC3)cc2)C2CC2)cc1. The van der Waals surface area contributed by atoms with Gasteiger partial charge in [0.25, 0.3) is 0 Å². The van der Waals surface area contributed by atoms with E-state index >= 15 is 0 Å². The number of hydrogen-bond acceptors (Lipinski definition) is 3. The fourth-order valence-corrected chi connectivity index (χ4v) is 5.87. The lowest BCUT2D eigenvalue weighted by Gasteiger charge is -2.23. The van der Waals surface area contributed by atoms with E-state index in [4.69, 9.17) is 0 Å². The van der Waals surface area contributed by atoms with Gasteiger partial charge in [-0.2, -0.15) is 4.31 Å². The van der Waals surface area contributed by atoms with Gasteiger partial charge in [-0.25, -0.2) is 8.42 Å². The van der Waals surface area contributed by atoms with Crippen LogP contribution >= 0.6 is 0 Å². The van der Waals surface area contributed by atoms with E-state index in [1.807, 2.05) is 17.0 Å². The van der Waals surface area contributed by atoms with Crippen LogP contribution in [0.3, 0.4) is 0 Å².